The predicted molar refractivity (Wildman–Crippen MR) is 130 cm³/mol. The molecule has 1 aliphatic heterocycles. The van der Waals surface area contributed by atoms with E-state index in [9.17, 15) is 4.79 Å². The van der Waals surface area contributed by atoms with Crippen molar-refractivity contribution in [1.29, 1.82) is 0 Å². The Hall–Kier alpha value is -2.55. The molecule has 1 N–H and O–H groups in total. The summed E-state index contributed by atoms with van der Waals surface area (Å²) in [6, 6.07) is 11.1. The lowest BCUT2D eigenvalue weighted by atomic mass is 10.0. The molecule has 0 saturated carbocycles. The van der Waals surface area contributed by atoms with Crippen molar-refractivity contribution in [1.82, 2.24) is 15.1 Å². The summed E-state index contributed by atoms with van der Waals surface area (Å²) in [5.74, 6) is 1.08. The molecule has 1 fully saturated rings. The molecule has 0 aliphatic carbocycles. The fourth-order valence-electron chi connectivity index (χ4n) is 3.94. The van der Waals surface area contributed by atoms with Crippen LogP contribution in [0.5, 0.6) is 11.5 Å². The van der Waals surface area contributed by atoms with Crippen LogP contribution in [0, 0.1) is 0 Å². The molecule has 1 atom stereocenters. The minimum atomic E-state index is -0.246. The molecule has 174 valence electrons. The van der Waals surface area contributed by atoms with E-state index in [2.05, 4.69) is 26.3 Å². The molecular weight excluding hydrogens is 510 g/mol. The topological polar surface area (TPSA) is 74.6 Å². The molecule has 0 bridgehead atoms. The highest BCUT2D eigenvalue weighted by atomic mass is 79.9. The number of aromatic nitrogens is 2. The van der Waals surface area contributed by atoms with Gasteiger partial charge in [0.05, 0.1) is 49.3 Å². The van der Waals surface area contributed by atoms with Crippen molar-refractivity contribution in [3.8, 4) is 22.8 Å². The highest BCUT2D eigenvalue weighted by Gasteiger charge is 2.26. The number of carbonyl (C=O) groups is 1. The van der Waals surface area contributed by atoms with E-state index in [0.29, 0.717) is 34.4 Å². The van der Waals surface area contributed by atoms with Crippen LogP contribution < -0.4 is 14.8 Å². The van der Waals surface area contributed by atoms with Gasteiger partial charge in [-0.15, -0.1) is 0 Å². The Balaban J connectivity index is 1.65. The van der Waals surface area contributed by atoms with Gasteiger partial charge in [-0.3, -0.25) is 9.48 Å². The quantitative estimate of drug-likeness (QED) is 0.447. The molecule has 2 heterocycles. The Morgan fingerprint density at radius 3 is 2.82 bits per heavy atom. The van der Waals surface area contributed by atoms with E-state index in [1.54, 1.807) is 26.5 Å². The zero-order valence-electron chi connectivity index (χ0n) is 18.4. The fraction of sp³-hybridized carbons (Fsp3) is 0.333. The summed E-state index contributed by atoms with van der Waals surface area (Å²) >= 11 is 10.0. The Morgan fingerprint density at radius 2 is 2.12 bits per heavy atom. The number of nitrogens with one attached hydrogen (secondary N) is 1. The molecule has 1 amide bonds. The average molecular weight is 535 g/mol. The smallest absolute Gasteiger partial charge is 0.255 e. The van der Waals surface area contributed by atoms with Crippen LogP contribution in [-0.4, -0.2) is 43.1 Å². The summed E-state index contributed by atoms with van der Waals surface area (Å²) in [6.45, 7) is 1.58. The second-order valence-electron chi connectivity index (χ2n) is 7.71. The number of ether oxygens (including phenoxy) is 3. The third-order valence-electron chi connectivity index (χ3n) is 5.64. The van der Waals surface area contributed by atoms with E-state index in [1.165, 1.54) is 0 Å². The van der Waals surface area contributed by atoms with Crippen LogP contribution in [0.25, 0.3) is 11.3 Å². The Morgan fingerprint density at radius 1 is 1.27 bits per heavy atom. The van der Waals surface area contributed by atoms with Crippen molar-refractivity contribution in [2.24, 2.45) is 0 Å². The van der Waals surface area contributed by atoms with E-state index in [4.69, 9.17) is 25.8 Å². The second kappa shape index (κ2) is 10.6. The van der Waals surface area contributed by atoms with E-state index in [0.717, 1.165) is 35.0 Å². The highest BCUT2D eigenvalue weighted by Crippen LogP contribution is 2.35. The van der Waals surface area contributed by atoms with Crippen molar-refractivity contribution in [3.63, 3.8) is 0 Å². The number of methoxy groups -OCH3 is 2. The molecule has 7 nitrogen and oxygen atoms in total. The monoisotopic (exact) mass is 533 g/mol. The van der Waals surface area contributed by atoms with Gasteiger partial charge in [0, 0.05) is 34.8 Å². The SMILES string of the molecule is COc1ccc(CNC(=O)c2cnn(C3CCCOC3)c2-c2ccc(Br)cc2Cl)c(OC)c1. The van der Waals surface area contributed by atoms with Gasteiger partial charge in [-0.05, 0) is 37.1 Å². The third-order valence-corrected chi connectivity index (χ3v) is 6.45. The number of carbonyl (C=O) groups excluding carboxylic acids is 1. The van der Waals surface area contributed by atoms with Crippen LogP contribution in [0.1, 0.15) is 34.8 Å². The molecule has 2 aromatic carbocycles. The van der Waals surface area contributed by atoms with Crippen molar-refractivity contribution in [2.45, 2.75) is 25.4 Å². The minimum absolute atomic E-state index is 0.0386. The number of nitrogens with zero attached hydrogens (tertiary/aromatic N) is 2. The highest BCUT2D eigenvalue weighted by molar-refractivity contribution is 9.10. The molecule has 33 heavy (non-hydrogen) atoms. The van der Waals surface area contributed by atoms with E-state index >= 15 is 0 Å². The zero-order chi connectivity index (χ0) is 23.4. The van der Waals surface area contributed by atoms with Crippen LogP contribution in [0.3, 0.4) is 0 Å². The van der Waals surface area contributed by atoms with Gasteiger partial charge in [-0.1, -0.05) is 33.6 Å². The lowest BCUT2D eigenvalue weighted by Gasteiger charge is -2.25. The van der Waals surface area contributed by atoms with Gasteiger partial charge in [0.25, 0.3) is 5.91 Å². The average Bonchev–Trinajstić information content (AvgIpc) is 3.28. The zero-order valence-corrected chi connectivity index (χ0v) is 20.8. The van der Waals surface area contributed by atoms with Gasteiger partial charge in [0.2, 0.25) is 0 Å². The standard InChI is InChI=1S/C24H25BrClN3O4/c1-31-18-7-5-15(22(11-18)32-2)12-27-24(30)20-13-28-29(17-4-3-9-33-14-17)23(20)19-8-6-16(25)10-21(19)26/h5-8,10-11,13,17H,3-4,9,12,14H2,1-2H3,(H,27,30). The van der Waals surface area contributed by atoms with Gasteiger partial charge in [-0.25, -0.2) is 0 Å². The van der Waals surface area contributed by atoms with Gasteiger partial charge in [-0.2, -0.15) is 5.10 Å². The van der Waals surface area contributed by atoms with Crippen LogP contribution in [0.2, 0.25) is 5.02 Å². The van der Waals surface area contributed by atoms with Crippen LogP contribution >= 0.6 is 27.5 Å². The van der Waals surface area contributed by atoms with Crippen molar-refractivity contribution in [2.75, 3.05) is 27.4 Å². The molecule has 1 unspecified atom stereocenters. The maximum absolute atomic E-state index is 13.3. The van der Waals surface area contributed by atoms with Crippen LogP contribution in [0.15, 0.2) is 47.1 Å². The second-order valence-corrected chi connectivity index (χ2v) is 9.03. The summed E-state index contributed by atoms with van der Waals surface area (Å²) in [5.41, 5.74) is 2.72. The van der Waals surface area contributed by atoms with Crippen LogP contribution in [0.4, 0.5) is 0 Å². The van der Waals surface area contributed by atoms with Crippen molar-refractivity contribution >= 4 is 33.4 Å². The summed E-state index contributed by atoms with van der Waals surface area (Å²) in [7, 11) is 3.18. The molecule has 0 spiro atoms. The minimum Gasteiger partial charge on any atom is -0.497 e. The van der Waals surface area contributed by atoms with Crippen LogP contribution in [-0.2, 0) is 11.3 Å². The summed E-state index contributed by atoms with van der Waals surface area (Å²) in [5, 5.41) is 8.10. The third kappa shape index (κ3) is 5.18. The first-order valence-corrected chi connectivity index (χ1v) is 11.8. The summed E-state index contributed by atoms with van der Waals surface area (Å²) < 4.78 is 19.1. The Labute approximate surface area is 206 Å². The molecule has 4 rings (SSSR count). The first-order valence-electron chi connectivity index (χ1n) is 10.6. The van der Waals surface area contributed by atoms with Gasteiger partial charge >= 0.3 is 0 Å². The molecule has 0 radical (unpaired) electrons. The molecule has 1 aliphatic rings. The molecule has 1 saturated heterocycles. The number of hydrogen-bond acceptors (Lipinski definition) is 5. The lowest BCUT2D eigenvalue weighted by molar-refractivity contribution is 0.0555. The molecular formula is C24H25BrClN3O4. The molecule has 3 aromatic rings. The molecule has 1 aromatic heterocycles. The summed E-state index contributed by atoms with van der Waals surface area (Å²) in [4.78, 5) is 13.3. The van der Waals surface area contributed by atoms with E-state index < -0.39 is 0 Å². The normalized spacial score (nSPS) is 15.8. The fourth-order valence-corrected chi connectivity index (χ4v) is 4.70. The lowest BCUT2D eigenvalue weighted by Crippen LogP contribution is -2.25. The van der Waals surface area contributed by atoms with E-state index in [1.807, 2.05) is 35.0 Å². The Bertz CT molecular complexity index is 1140. The Kier molecular flexibility index (Phi) is 7.57. The molecule has 9 heteroatoms. The van der Waals surface area contributed by atoms with E-state index in [-0.39, 0.29) is 18.5 Å². The maximum Gasteiger partial charge on any atom is 0.255 e. The van der Waals surface area contributed by atoms with Gasteiger partial charge < -0.3 is 19.5 Å². The first-order chi connectivity index (χ1) is 16.0. The number of hydrogen-bond donors (Lipinski definition) is 1. The summed E-state index contributed by atoms with van der Waals surface area (Å²) in [6.07, 6.45) is 3.46. The predicted octanol–water partition coefficient (Wildman–Crippen LogP) is 5.26. The van der Waals surface area contributed by atoms with Crippen molar-refractivity contribution in [3.05, 3.63) is 63.2 Å². The largest absolute Gasteiger partial charge is 0.497 e. The van der Waals surface area contributed by atoms with Gasteiger partial charge in [0.15, 0.2) is 0 Å². The van der Waals surface area contributed by atoms with Crippen molar-refractivity contribution < 1.29 is 19.0 Å². The number of rotatable bonds is 7. The van der Waals surface area contributed by atoms with Gasteiger partial charge in [0.1, 0.15) is 11.5 Å². The number of halogens is 2. The number of amides is 1. The number of benzene rings is 2. The maximum atomic E-state index is 13.3. The first kappa shape index (κ1) is 23.6.